The Labute approximate surface area is 88.2 Å². The van der Waals surface area contributed by atoms with E-state index in [-0.39, 0.29) is 18.2 Å². The predicted molar refractivity (Wildman–Crippen MR) is 57.3 cm³/mol. The highest BCUT2D eigenvalue weighted by Gasteiger charge is 2.26. The van der Waals surface area contributed by atoms with Crippen molar-refractivity contribution >= 4 is 11.3 Å². The summed E-state index contributed by atoms with van der Waals surface area (Å²) in [4.78, 5) is 4.26. The first-order valence-corrected chi connectivity index (χ1v) is 5.99. The van der Waals surface area contributed by atoms with Crippen molar-refractivity contribution in [1.29, 1.82) is 0 Å². The molecule has 2 rings (SSSR count). The van der Waals surface area contributed by atoms with Crippen LogP contribution in [0.2, 0.25) is 0 Å². The summed E-state index contributed by atoms with van der Waals surface area (Å²) in [5.74, 6) is 0. The first-order valence-electron chi connectivity index (χ1n) is 5.11. The normalized spacial score (nSPS) is 29.3. The maximum Gasteiger partial charge on any atom is 0.109 e. The van der Waals surface area contributed by atoms with Crippen molar-refractivity contribution in [2.45, 2.75) is 44.4 Å². The second-order valence-corrected chi connectivity index (χ2v) is 4.79. The van der Waals surface area contributed by atoms with Crippen LogP contribution in [0.1, 0.15) is 37.2 Å². The van der Waals surface area contributed by atoms with Crippen molar-refractivity contribution in [2.75, 3.05) is 0 Å². The summed E-state index contributed by atoms with van der Waals surface area (Å²) >= 11 is 1.66. The van der Waals surface area contributed by atoms with E-state index < -0.39 is 0 Å². The third-order valence-electron chi connectivity index (χ3n) is 2.77. The number of hydrogen-bond donors (Lipinski definition) is 2. The summed E-state index contributed by atoms with van der Waals surface area (Å²) in [6.07, 6.45) is 4.80. The molecule has 1 aromatic heterocycles. The lowest BCUT2D eigenvalue weighted by Gasteiger charge is -2.20. The summed E-state index contributed by atoms with van der Waals surface area (Å²) in [6, 6.07) is 0.515. The Bertz CT molecular complexity index is 276. The van der Waals surface area contributed by atoms with Gasteiger partial charge in [0.25, 0.3) is 0 Å². The van der Waals surface area contributed by atoms with Gasteiger partial charge in [0.05, 0.1) is 12.1 Å². The summed E-state index contributed by atoms with van der Waals surface area (Å²) in [5, 5.41) is 16.2. The second-order valence-electron chi connectivity index (χ2n) is 3.86. The van der Waals surface area contributed by atoms with Gasteiger partial charge in [0.2, 0.25) is 0 Å². The van der Waals surface area contributed by atoms with E-state index in [1.54, 1.807) is 11.3 Å². The molecule has 0 amide bonds. The standard InChI is InChI=1S/C10H16N2OS/c1-7(10-11-5-6-14-10)12-8-3-2-4-9(8)13/h5-9,12-13H,2-4H2,1H3/t7?,8-,9-/m1/s1. The Morgan fingerprint density at radius 1 is 1.64 bits per heavy atom. The molecule has 0 aliphatic heterocycles. The molecule has 78 valence electrons. The van der Waals surface area contributed by atoms with Gasteiger partial charge in [-0.05, 0) is 26.2 Å². The van der Waals surface area contributed by atoms with Crippen molar-refractivity contribution in [3.63, 3.8) is 0 Å². The minimum atomic E-state index is -0.169. The predicted octanol–water partition coefficient (Wildman–Crippen LogP) is 1.71. The number of thiazole rings is 1. The number of nitrogens with zero attached hydrogens (tertiary/aromatic N) is 1. The van der Waals surface area contributed by atoms with Crippen molar-refractivity contribution in [3.8, 4) is 0 Å². The summed E-state index contributed by atoms with van der Waals surface area (Å²) in [7, 11) is 0. The monoisotopic (exact) mass is 212 g/mol. The Hall–Kier alpha value is -0.450. The minimum absolute atomic E-state index is 0.169. The number of rotatable bonds is 3. The van der Waals surface area contributed by atoms with Crippen LogP contribution in [0.25, 0.3) is 0 Å². The van der Waals surface area contributed by atoms with Crippen molar-refractivity contribution in [2.24, 2.45) is 0 Å². The molecule has 0 aromatic carbocycles. The maximum absolute atomic E-state index is 9.66. The van der Waals surface area contributed by atoms with Crippen LogP contribution in [0.4, 0.5) is 0 Å². The van der Waals surface area contributed by atoms with Gasteiger partial charge in [-0.15, -0.1) is 11.3 Å². The zero-order chi connectivity index (χ0) is 9.97. The quantitative estimate of drug-likeness (QED) is 0.801. The minimum Gasteiger partial charge on any atom is -0.392 e. The van der Waals surface area contributed by atoms with E-state index in [2.05, 4.69) is 17.2 Å². The maximum atomic E-state index is 9.66. The molecule has 3 atom stereocenters. The number of nitrogens with one attached hydrogen (secondary N) is 1. The van der Waals surface area contributed by atoms with Gasteiger partial charge in [-0.25, -0.2) is 4.98 Å². The second kappa shape index (κ2) is 4.38. The third-order valence-corrected chi connectivity index (χ3v) is 3.72. The average Bonchev–Trinajstić information content (AvgIpc) is 2.77. The fourth-order valence-corrected chi connectivity index (χ4v) is 2.63. The van der Waals surface area contributed by atoms with Crippen LogP contribution in [-0.2, 0) is 0 Å². The molecular weight excluding hydrogens is 196 g/mol. The van der Waals surface area contributed by atoms with Gasteiger partial charge in [-0.2, -0.15) is 0 Å². The van der Waals surface area contributed by atoms with Gasteiger partial charge in [-0.1, -0.05) is 0 Å². The molecule has 4 heteroatoms. The first kappa shape index (κ1) is 10.1. The Balaban J connectivity index is 1.91. The zero-order valence-electron chi connectivity index (χ0n) is 8.31. The molecule has 1 aromatic rings. The van der Waals surface area contributed by atoms with Gasteiger partial charge in [-0.3, -0.25) is 0 Å². The van der Waals surface area contributed by atoms with E-state index in [0.29, 0.717) is 0 Å². The van der Waals surface area contributed by atoms with E-state index in [4.69, 9.17) is 0 Å². The van der Waals surface area contributed by atoms with Gasteiger partial charge in [0, 0.05) is 17.6 Å². The molecule has 3 nitrogen and oxygen atoms in total. The van der Waals surface area contributed by atoms with Crippen LogP contribution in [0.5, 0.6) is 0 Å². The molecule has 0 spiro atoms. The zero-order valence-corrected chi connectivity index (χ0v) is 9.13. The van der Waals surface area contributed by atoms with Gasteiger partial charge >= 0.3 is 0 Å². The van der Waals surface area contributed by atoms with Gasteiger partial charge < -0.3 is 10.4 Å². The molecule has 0 bridgehead atoms. The lowest BCUT2D eigenvalue weighted by atomic mass is 10.2. The number of hydrogen-bond acceptors (Lipinski definition) is 4. The first-order chi connectivity index (χ1) is 6.77. The molecule has 1 unspecified atom stereocenters. The van der Waals surface area contributed by atoms with Crippen molar-refractivity contribution in [1.82, 2.24) is 10.3 Å². The lowest BCUT2D eigenvalue weighted by Crippen LogP contribution is -2.37. The molecule has 0 radical (unpaired) electrons. The van der Waals surface area contributed by atoms with Crippen LogP contribution in [-0.4, -0.2) is 22.2 Å². The average molecular weight is 212 g/mol. The summed E-state index contributed by atoms with van der Waals surface area (Å²) in [6.45, 7) is 2.10. The molecule has 14 heavy (non-hydrogen) atoms. The van der Waals surface area contributed by atoms with E-state index in [1.165, 1.54) is 0 Å². The van der Waals surface area contributed by atoms with Crippen LogP contribution in [0.3, 0.4) is 0 Å². The van der Waals surface area contributed by atoms with Crippen LogP contribution in [0.15, 0.2) is 11.6 Å². The molecule has 1 saturated carbocycles. The van der Waals surface area contributed by atoms with Crippen molar-refractivity contribution < 1.29 is 5.11 Å². The molecule has 0 saturated heterocycles. The smallest absolute Gasteiger partial charge is 0.109 e. The Kier molecular flexibility index (Phi) is 3.15. The molecule has 1 aliphatic rings. The van der Waals surface area contributed by atoms with Crippen molar-refractivity contribution in [3.05, 3.63) is 16.6 Å². The van der Waals surface area contributed by atoms with E-state index >= 15 is 0 Å². The highest BCUT2D eigenvalue weighted by atomic mass is 32.1. The van der Waals surface area contributed by atoms with Crippen LogP contribution >= 0.6 is 11.3 Å². The van der Waals surface area contributed by atoms with E-state index in [1.807, 2.05) is 11.6 Å². The molecule has 1 fully saturated rings. The molecule has 2 N–H and O–H groups in total. The fourth-order valence-electron chi connectivity index (χ4n) is 1.98. The highest BCUT2D eigenvalue weighted by Crippen LogP contribution is 2.23. The number of aliphatic hydroxyl groups is 1. The largest absolute Gasteiger partial charge is 0.392 e. The highest BCUT2D eigenvalue weighted by molar-refractivity contribution is 7.09. The molecule has 1 heterocycles. The summed E-state index contributed by atoms with van der Waals surface area (Å²) < 4.78 is 0. The van der Waals surface area contributed by atoms with Crippen LogP contribution in [0, 0.1) is 0 Å². The summed E-state index contributed by atoms with van der Waals surface area (Å²) in [5.41, 5.74) is 0. The topological polar surface area (TPSA) is 45.1 Å². The third kappa shape index (κ3) is 2.13. The van der Waals surface area contributed by atoms with E-state index in [9.17, 15) is 5.11 Å². The lowest BCUT2D eigenvalue weighted by molar-refractivity contribution is 0.144. The number of aromatic nitrogens is 1. The van der Waals surface area contributed by atoms with Gasteiger partial charge in [0.1, 0.15) is 5.01 Å². The number of aliphatic hydroxyl groups excluding tert-OH is 1. The van der Waals surface area contributed by atoms with Gasteiger partial charge in [0.15, 0.2) is 0 Å². The SMILES string of the molecule is CC(N[C@@H]1CCC[C@H]1O)c1nccs1. The van der Waals surface area contributed by atoms with Crippen LogP contribution < -0.4 is 5.32 Å². The fraction of sp³-hybridized carbons (Fsp3) is 0.700. The van der Waals surface area contributed by atoms with E-state index in [0.717, 1.165) is 24.3 Å². The Morgan fingerprint density at radius 2 is 2.50 bits per heavy atom. The Morgan fingerprint density at radius 3 is 3.07 bits per heavy atom. The molecule has 1 aliphatic carbocycles. The molecular formula is C10H16N2OS.